The van der Waals surface area contributed by atoms with Crippen LogP contribution in [0.4, 0.5) is 0 Å². The van der Waals surface area contributed by atoms with Gasteiger partial charge in [0.1, 0.15) is 18.9 Å². The molecule has 0 fully saturated rings. The van der Waals surface area contributed by atoms with Crippen molar-refractivity contribution in [2.75, 3.05) is 13.2 Å². The van der Waals surface area contributed by atoms with Crippen molar-refractivity contribution in [1.29, 1.82) is 0 Å². The number of rotatable bonds is 6. The summed E-state index contributed by atoms with van der Waals surface area (Å²) in [5, 5.41) is 9.33. The molecule has 23 heavy (non-hydrogen) atoms. The van der Waals surface area contributed by atoms with Gasteiger partial charge in [0, 0.05) is 16.7 Å². The number of benzene rings is 1. The number of hydrogen-bond acceptors (Lipinski definition) is 5. The summed E-state index contributed by atoms with van der Waals surface area (Å²) in [7, 11) is 0. The molecule has 1 aromatic carbocycles. The topological polar surface area (TPSA) is 110 Å². The first-order valence-electron chi connectivity index (χ1n) is 6.58. The van der Waals surface area contributed by atoms with E-state index in [0.29, 0.717) is 22.0 Å². The molecule has 0 spiro atoms. The third-order valence-electron chi connectivity index (χ3n) is 2.91. The standard InChI is InChI=1S/C14H14ClN3O4S/c15-8-1-2-11(22-4-3-19)9(5-8)10-6-13(21)17-14(23)18(10)7-12(16)20/h1-2,5-6,19H,3-4,7H2,(H2,16,20)(H,17,21,23). The van der Waals surface area contributed by atoms with Crippen LogP contribution >= 0.6 is 23.8 Å². The van der Waals surface area contributed by atoms with Crippen LogP contribution in [-0.2, 0) is 11.3 Å². The Kier molecular flexibility index (Phi) is 5.54. The number of nitrogens with one attached hydrogen (secondary N) is 1. The zero-order valence-electron chi connectivity index (χ0n) is 11.9. The van der Waals surface area contributed by atoms with Crippen LogP contribution in [0.25, 0.3) is 11.3 Å². The largest absolute Gasteiger partial charge is 0.490 e. The van der Waals surface area contributed by atoms with E-state index < -0.39 is 11.5 Å². The van der Waals surface area contributed by atoms with Gasteiger partial charge in [-0.25, -0.2) is 0 Å². The maximum Gasteiger partial charge on any atom is 0.252 e. The predicted molar refractivity (Wildman–Crippen MR) is 88.1 cm³/mol. The van der Waals surface area contributed by atoms with E-state index in [0.717, 1.165) is 0 Å². The lowest BCUT2D eigenvalue weighted by atomic mass is 10.1. The molecular weight excluding hydrogens is 342 g/mol. The number of hydrogen-bond donors (Lipinski definition) is 3. The number of halogens is 1. The summed E-state index contributed by atoms with van der Waals surface area (Å²) in [5.41, 5.74) is 5.61. The van der Waals surface area contributed by atoms with Gasteiger partial charge in [0.05, 0.1) is 12.3 Å². The zero-order valence-corrected chi connectivity index (χ0v) is 13.5. The van der Waals surface area contributed by atoms with Crippen LogP contribution in [0.3, 0.4) is 0 Å². The first-order chi connectivity index (χ1) is 10.9. The molecule has 0 aliphatic carbocycles. The highest BCUT2D eigenvalue weighted by Gasteiger charge is 2.14. The maximum atomic E-state index is 11.8. The van der Waals surface area contributed by atoms with Gasteiger partial charge >= 0.3 is 0 Å². The van der Waals surface area contributed by atoms with Gasteiger partial charge in [0.2, 0.25) is 5.91 Å². The lowest BCUT2D eigenvalue weighted by molar-refractivity contribution is -0.118. The summed E-state index contributed by atoms with van der Waals surface area (Å²) in [5.74, 6) is -0.226. The molecule has 0 bridgehead atoms. The molecule has 0 atom stereocenters. The first kappa shape index (κ1) is 17.2. The van der Waals surface area contributed by atoms with Gasteiger partial charge in [0.25, 0.3) is 5.56 Å². The van der Waals surface area contributed by atoms with Crippen molar-refractivity contribution in [2.24, 2.45) is 5.73 Å². The van der Waals surface area contributed by atoms with Crippen molar-refractivity contribution in [2.45, 2.75) is 6.54 Å². The number of nitrogens with zero attached hydrogens (tertiary/aromatic N) is 1. The van der Waals surface area contributed by atoms with E-state index in [9.17, 15) is 9.59 Å². The van der Waals surface area contributed by atoms with Gasteiger partial charge in [-0.05, 0) is 30.4 Å². The molecule has 2 aromatic rings. The molecule has 0 saturated carbocycles. The molecule has 122 valence electrons. The fourth-order valence-corrected chi connectivity index (χ4v) is 2.48. The van der Waals surface area contributed by atoms with Gasteiger partial charge in [0.15, 0.2) is 4.77 Å². The van der Waals surface area contributed by atoms with Crippen molar-refractivity contribution in [3.8, 4) is 17.0 Å². The molecule has 2 rings (SSSR count). The van der Waals surface area contributed by atoms with Crippen molar-refractivity contribution in [3.63, 3.8) is 0 Å². The van der Waals surface area contributed by atoms with Crippen molar-refractivity contribution in [3.05, 3.63) is 44.4 Å². The average Bonchev–Trinajstić information content (AvgIpc) is 2.48. The first-order valence-corrected chi connectivity index (χ1v) is 7.37. The Hall–Kier alpha value is -2.16. The summed E-state index contributed by atoms with van der Waals surface area (Å²) in [6, 6.07) is 6.07. The monoisotopic (exact) mass is 355 g/mol. The van der Waals surface area contributed by atoms with E-state index in [2.05, 4.69) is 4.98 Å². The van der Waals surface area contributed by atoms with E-state index in [1.807, 2.05) is 0 Å². The lowest BCUT2D eigenvalue weighted by Gasteiger charge is -2.16. The molecular formula is C14H14ClN3O4S. The smallest absolute Gasteiger partial charge is 0.252 e. The normalized spacial score (nSPS) is 10.5. The third kappa shape index (κ3) is 4.19. The minimum absolute atomic E-state index is 0.0550. The molecule has 0 saturated heterocycles. The predicted octanol–water partition coefficient (Wildman–Crippen LogP) is 1.08. The van der Waals surface area contributed by atoms with Crippen LogP contribution in [-0.4, -0.2) is 33.8 Å². The van der Waals surface area contributed by atoms with E-state index >= 15 is 0 Å². The fourth-order valence-electron chi connectivity index (χ4n) is 2.04. The van der Waals surface area contributed by atoms with Crippen LogP contribution in [0, 0.1) is 4.77 Å². The highest BCUT2D eigenvalue weighted by molar-refractivity contribution is 7.71. The number of amides is 1. The number of nitrogens with two attached hydrogens (primary N) is 1. The summed E-state index contributed by atoms with van der Waals surface area (Å²) < 4.78 is 6.89. The minimum Gasteiger partial charge on any atom is -0.490 e. The highest BCUT2D eigenvalue weighted by Crippen LogP contribution is 2.32. The Labute approximate surface area is 141 Å². The van der Waals surface area contributed by atoms with Crippen LogP contribution in [0.15, 0.2) is 29.1 Å². The SMILES string of the molecule is NC(=O)Cn1c(-c2cc(Cl)ccc2OCCO)cc(=O)[nH]c1=S. The molecule has 7 nitrogen and oxygen atoms in total. The number of primary amides is 1. The third-order valence-corrected chi connectivity index (χ3v) is 3.47. The maximum absolute atomic E-state index is 11.8. The van der Waals surface area contributed by atoms with Gasteiger partial charge in [-0.3, -0.25) is 14.6 Å². The summed E-state index contributed by atoms with van der Waals surface area (Å²) in [6.07, 6.45) is 0. The van der Waals surface area contributed by atoms with Crippen LogP contribution in [0.2, 0.25) is 5.02 Å². The molecule has 1 heterocycles. The Balaban J connectivity index is 2.70. The minimum atomic E-state index is -0.616. The number of aromatic nitrogens is 2. The van der Waals surface area contributed by atoms with Gasteiger partial charge in [-0.1, -0.05) is 11.6 Å². The van der Waals surface area contributed by atoms with Gasteiger partial charge in [-0.2, -0.15) is 0 Å². The Morgan fingerprint density at radius 1 is 1.43 bits per heavy atom. The van der Waals surface area contributed by atoms with E-state index in [-0.39, 0.29) is 24.5 Å². The fraction of sp³-hybridized carbons (Fsp3) is 0.214. The van der Waals surface area contributed by atoms with Gasteiger partial charge in [-0.15, -0.1) is 0 Å². The quantitative estimate of drug-likeness (QED) is 0.672. The molecule has 4 N–H and O–H groups in total. The number of carbonyl (C=O) groups is 1. The Morgan fingerprint density at radius 3 is 2.83 bits per heavy atom. The number of aliphatic hydroxyl groups is 1. The Bertz CT molecular complexity index is 847. The van der Waals surface area contributed by atoms with Crippen molar-refractivity contribution < 1.29 is 14.6 Å². The average molecular weight is 356 g/mol. The number of carbonyl (C=O) groups excluding carboxylic acids is 1. The van der Waals surface area contributed by atoms with Crippen LogP contribution in [0.5, 0.6) is 5.75 Å². The number of aliphatic hydroxyl groups excluding tert-OH is 1. The van der Waals surface area contributed by atoms with Crippen LogP contribution < -0.4 is 16.0 Å². The summed E-state index contributed by atoms with van der Waals surface area (Å²) >= 11 is 11.1. The Morgan fingerprint density at radius 2 is 2.17 bits per heavy atom. The molecule has 9 heteroatoms. The number of aromatic amines is 1. The summed E-state index contributed by atoms with van der Waals surface area (Å²) in [4.78, 5) is 25.5. The van der Waals surface area contributed by atoms with Crippen LogP contribution in [0.1, 0.15) is 0 Å². The second-order valence-corrected chi connectivity index (χ2v) is 5.41. The van der Waals surface area contributed by atoms with E-state index in [1.165, 1.54) is 10.6 Å². The molecule has 0 aliphatic rings. The number of ether oxygens (including phenoxy) is 1. The van der Waals surface area contributed by atoms with E-state index in [4.69, 9.17) is 39.4 Å². The van der Waals surface area contributed by atoms with E-state index in [1.54, 1.807) is 18.2 Å². The second-order valence-electron chi connectivity index (χ2n) is 4.59. The summed E-state index contributed by atoms with van der Waals surface area (Å²) in [6.45, 7) is -0.323. The molecule has 0 radical (unpaired) electrons. The molecule has 1 amide bonds. The van der Waals surface area contributed by atoms with Gasteiger partial charge < -0.3 is 20.1 Å². The highest BCUT2D eigenvalue weighted by atomic mass is 35.5. The second kappa shape index (κ2) is 7.40. The lowest BCUT2D eigenvalue weighted by Crippen LogP contribution is -2.23. The van der Waals surface area contributed by atoms with Crippen molar-refractivity contribution in [1.82, 2.24) is 9.55 Å². The number of H-pyrrole nitrogens is 1. The molecule has 0 unspecified atom stereocenters. The molecule has 1 aromatic heterocycles. The van der Waals surface area contributed by atoms with Crippen molar-refractivity contribution >= 4 is 29.7 Å². The molecule has 0 aliphatic heterocycles. The zero-order chi connectivity index (χ0) is 17.0.